The molecule has 0 atom stereocenters. The van der Waals surface area contributed by atoms with E-state index in [4.69, 9.17) is 27.9 Å². The summed E-state index contributed by atoms with van der Waals surface area (Å²) in [5, 5.41) is 4.05. The summed E-state index contributed by atoms with van der Waals surface area (Å²) < 4.78 is 5.21. The van der Waals surface area contributed by atoms with Crippen molar-refractivity contribution in [1.82, 2.24) is 10.2 Å². The number of hydrogen-bond acceptors (Lipinski definition) is 4. The first-order valence-electron chi connectivity index (χ1n) is 9.99. The van der Waals surface area contributed by atoms with Crippen molar-refractivity contribution < 1.29 is 9.53 Å². The van der Waals surface area contributed by atoms with Gasteiger partial charge in [0.25, 0.3) is 0 Å². The van der Waals surface area contributed by atoms with Crippen LogP contribution in [0.25, 0.3) is 0 Å². The first-order chi connectivity index (χ1) is 14.1. The van der Waals surface area contributed by atoms with Crippen LogP contribution in [0.3, 0.4) is 0 Å². The van der Waals surface area contributed by atoms with Gasteiger partial charge in [0.1, 0.15) is 6.61 Å². The van der Waals surface area contributed by atoms with E-state index in [-0.39, 0.29) is 6.09 Å². The highest BCUT2D eigenvalue weighted by Crippen LogP contribution is 2.32. The van der Waals surface area contributed by atoms with Crippen LogP contribution < -0.4 is 10.2 Å². The number of nitrogens with one attached hydrogen (secondary N) is 1. The van der Waals surface area contributed by atoms with Crippen LogP contribution in [-0.4, -0.2) is 50.3 Å². The van der Waals surface area contributed by atoms with Crippen molar-refractivity contribution in [2.75, 3.05) is 44.2 Å². The van der Waals surface area contributed by atoms with Crippen molar-refractivity contribution in [3.63, 3.8) is 0 Å². The zero-order valence-corrected chi connectivity index (χ0v) is 18.0. The first-order valence-corrected chi connectivity index (χ1v) is 10.7. The summed E-state index contributed by atoms with van der Waals surface area (Å²) in [6.45, 7) is 5.82. The molecule has 0 aromatic heterocycles. The first kappa shape index (κ1) is 21.8. The van der Waals surface area contributed by atoms with Crippen LogP contribution in [-0.2, 0) is 11.3 Å². The molecule has 1 aliphatic heterocycles. The molecule has 0 unspecified atom stereocenters. The van der Waals surface area contributed by atoms with Gasteiger partial charge >= 0.3 is 6.09 Å². The number of anilines is 1. The van der Waals surface area contributed by atoms with E-state index in [9.17, 15) is 4.79 Å². The number of hydrogen-bond donors (Lipinski definition) is 1. The smallest absolute Gasteiger partial charge is 0.407 e. The van der Waals surface area contributed by atoms with Gasteiger partial charge in [0.2, 0.25) is 0 Å². The summed E-state index contributed by atoms with van der Waals surface area (Å²) in [6, 6.07) is 15.5. The third kappa shape index (κ3) is 6.81. The van der Waals surface area contributed by atoms with E-state index in [0.29, 0.717) is 23.2 Å². The van der Waals surface area contributed by atoms with E-state index in [1.165, 1.54) is 0 Å². The molecule has 2 aromatic rings. The molecule has 3 rings (SSSR count). The van der Waals surface area contributed by atoms with Crippen molar-refractivity contribution in [2.24, 2.45) is 0 Å². The fraction of sp³-hybridized carbons (Fsp3) is 0.409. The number of rotatable bonds is 8. The van der Waals surface area contributed by atoms with Crippen molar-refractivity contribution in [3.05, 3.63) is 64.1 Å². The van der Waals surface area contributed by atoms with Gasteiger partial charge < -0.3 is 15.0 Å². The lowest BCUT2D eigenvalue weighted by Gasteiger charge is -2.36. The zero-order chi connectivity index (χ0) is 20.5. The van der Waals surface area contributed by atoms with Crippen LogP contribution in [0, 0.1) is 0 Å². The third-order valence-electron chi connectivity index (χ3n) is 5.03. The molecule has 29 heavy (non-hydrogen) atoms. The number of amides is 1. The number of benzene rings is 2. The standard InChI is InChI=1S/C22H27Cl2N3O2/c23-19-9-6-10-20(21(19)24)27-15-13-26(14-16-27)12-5-4-11-25-22(28)29-17-18-7-2-1-3-8-18/h1-3,6-10H,4-5,11-17H2,(H,25,28). The molecule has 1 aliphatic rings. The topological polar surface area (TPSA) is 44.8 Å². The van der Waals surface area contributed by atoms with Gasteiger partial charge in [0.05, 0.1) is 15.7 Å². The summed E-state index contributed by atoms with van der Waals surface area (Å²) >= 11 is 12.5. The van der Waals surface area contributed by atoms with Crippen LogP contribution in [0.15, 0.2) is 48.5 Å². The quantitative estimate of drug-likeness (QED) is 0.603. The lowest BCUT2D eigenvalue weighted by atomic mass is 10.2. The number of alkyl carbamates (subject to hydrolysis) is 1. The van der Waals surface area contributed by atoms with E-state index < -0.39 is 0 Å². The molecule has 0 radical (unpaired) electrons. The normalized spacial score (nSPS) is 14.6. The van der Waals surface area contributed by atoms with E-state index >= 15 is 0 Å². The highest BCUT2D eigenvalue weighted by Gasteiger charge is 2.19. The molecule has 1 heterocycles. The Bertz CT molecular complexity index is 781. The molecule has 0 saturated carbocycles. The van der Waals surface area contributed by atoms with Crippen LogP contribution in [0.1, 0.15) is 18.4 Å². The Balaban J connectivity index is 1.26. The minimum Gasteiger partial charge on any atom is -0.445 e. The minimum atomic E-state index is -0.360. The average Bonchev–Trinajstić information content (AvgIpc) is 2.75. The van der Waals surface area contributed by atoms with Gasteiger partial charge in [-0.1, -0.05) is 59.6 Å². The second-order valence-corrected chi connectivity index (χ2v) is 7.88. The molecule has 1 fully saturated rings. The maximum Gasteiger partial charge on any atom is 0.407 e. The van der Waals surface area contributed by atoms with Gasteiger partial charge in [-0.2, -0.15) is 0 Å². The predicted octanol–water partition coefficient (Wildman–Crippen LogP) is 4.82. The van der Waals surface area contributed by atoms with Gasteiger partial charge in [-0.3, -0.25) is 4.90 Å². The maximum atomic E-state index is 11.7. The molecule has 0 spiro atoms. The zero-order valence-electron chi connectivity index (χ0n) is 16.4. The number of carbonyl (C=O) groups excluding carboxylic acids is 1. The second-order valence-electron chi connectivity index (χ2n) is 7.10. The highest BCUT2D eigenvalue weighted by molar-refractivity contribution is 6.43. The van der Waals surface area contributed by atoms with Crippen molar-refractivity contribution in [1.29, 1.82) is 0 Å². The summed E-state index contributed by atoms with van der Waals surface area (Å²) in [5.74, 6) is 0. The Morgan fingerprint density at radius 2 is 1.72 bits per heavy atom. The van der Waals surface area contributed by atoms with Gasteiger partial charge in [0, 0.05) is 32.7 Å². The highest BCUT2D eigenvalue weighted by atomic mass is 35.5. The van der Waals surface area contributed by atoms with Crippen LogP contribution in [0.4, 0.5) is 10.5 Å². The fourth-order valence-corrected chi connectivity index (χ4v) is 3.79. The predicted molar refractivity (Wildman–Crippen MR) is 119 cm³/mol. The average molecular weight is 436 g/mol. The Morgan fingerprint density at radius 1 is 0.966 bits per heavy atom. The number of ether oxygens (including phenoxy) is 1. The number of halogens is 2. The molecule has 1 N–H and O–H groups in total. The molecule has 7 heteroatoms. The number of nitrogens with zero attached hydrogens (tertiary/aromatic N) is 2. The lowest BCUT2D eigenvalue weighted by Crippen LogP contribution is -2.46. The van der Waals surface area contributed by atoms with Crippen molar-refractivity contribution in [2.45, 2.75) is 19.4 Å². The summed E-state index contributed by atoms with van der Waals surface area (Å²) in [4.78, 5) is 16.5. The molecule has 5 nitrogen and oxygen atoms in total. The summed E-state index contributed by atoms with van der Waals surface area (Å²) in [6.07, 6.45) is 1.61. The largest absolute Gasteiger partial charge is 0.445 e. The molecule has 156 valence electrons. The molecule has 1 amide bonds. The molecule has 0 bridgehead atoms. The Labute approximate surface area is 182 Å². The van der Waals surface area contributed by atoms with Gasteiger partial charge in [-0.15, -0.1) is 0 Å². The monoisotopic (exact) mass is 435 g/mol. The Morgan fingerprint density at radius 3 is 2.48 bits per heavy atom. The molecular weight excluding hydrogens is 409 g/mol. The Kier molecular flexibility index (Phi) is 8.47. The van der Waals surface area contributed by atoms with Crippen LogP contribution in [0.5, 0.6) is 0 Å². The molecular formula is C22H27Cl2N3O2. The summed E-state index contributed by atoms with van der Waals surface area (Å²) in [7, 11) is 0. The molecule has 0 aliphatic carbocycles. The van der Waals surface area contributed by atoms with Crippen LogP contribution in [0.2, 0.25) is 10.0 Å². The minimum absolute atomic E-state index is 0.299. The number of piperazine rings is 1. The molecule has 1 saturated heterocycles. The number of carbonyl (C=O) groups is 1. The second kappa shape index (κ2) is 11.3. The SMILES string of the molecule is O=C(NCCCCN1CCN(c2cccc(Cl)c2Cl)CC1)OCc1ccccc1. The summed E-state index contributed by atoms with van der Waals surface area (Å²) in [5.41, 5.74) is 2.00. The van der Waals surface area contributed by atoms with Crippen molar-refractivity contribution >= 4 is 35.0 Å². The Hall–Kier alpha value is -1.95. The van der Waals surface area contributed by atoms with E-state index in [2.05, 4.69) is 15.1 Å². The third-order valence-corrected chi connectivity index (χ3v) is 5.84. The van der Waals surface area contributed by atoms with Gasteiger partial charge in [-0.05, 0) is 37.1 Å². The lowest BCUT2D eigenvalue weighted by molar-refractivity contribution is 0.139. The van der Waals surface area contributed by atoms with E-state index in [1.54, 1.807) is 0 Å². The van der Waals surface area contributed by atoms with Crippen molar-refractivity contribution in [3.8, 4) is 0 Å². The van der Waals surface area contributed by atoms with Crippen LogP contribution >= 0.6 is 23.2 Å². The van der Waals surface area contributed by atoms with E-state index in [0.717, 1.165) is 56.8 Å². The van der Waals surface area contributed by atoms with Gasteiger partial charge in [0.15, 0.2) is 0 Å². The maximum absolute atomic E-state index is 11.7. The number of unbranched alkanes of at least 4 members (excludes halogenated alkanes) is 1. The van der Waals surface area contributed by atoms with Gasteiger partial charge in [-0.25, -0.2) is 4.79 Å². The fourth-order valence-electron chi connectivity index (χ4n) is 3.37. The molecule has 2 aromatic carbocycles. The van der Waals surface area contributed by atoms with E-state index in [1.807, 2.05) is 48.5 Å².